The molecule has 0 aromatic heterocycles. The Morgan fingerprint density at radius 3 is 1.98 bits per heavy atom. The first-order chi connectivity index (χ1) is 19.9. The molecule has 43 heavy (non-hydrogen) atoms. The zero-order valence-electron chi connectivity index (χ0n) is 23.1. The summed E-state index contributed by atoms with van der Waals surface area (Å²) in [6.07, 6.45) is 0. The van der Waals surface area contributed by atoms with Gasteiger partial charge >= 0.3 is 5.97 Å². The van der Waals surface area contributed by atoms with Gasteiger partial charge in [0.2, 0.25) is 0 Å². The Labute approximate surface area is 248 Å². The van der Waals surface area contributed by atoms with Crippen LogP contribution < -0.4 is 39.7 Å². The van der Waals surface area contributed by atoms with E-state index in [1.807, 2.05) is 0 Å². The molecule has 18 heteroatoms. The number of hydrogen-bond donors (Lipinski definition) is 9. The van der Waals surface area contributed by atoms with Crippen molar-refractivity contribution in [1.82, 2.24) is 5.32 Å². The van der Waals surface area contributed by atoms with Crippen molar-refractivity contribution in [3.05, 3.63) is 65.7 Å². The van der Waals surface area contributed by atoms with Gasteiger partial charge in [0.1, 0.15) is 4.90 Å². The van der Waals surface area contributed by atoms with Crippen molar-refractivity contribution in [3.8, 4) is 0 Å². The van der Waals surface area contributed by atoms with Crippen LogP contribution in [0.3, 0.4) is 0 Å². The zero-order valence-corrected chi connectivity index (χ0v) is 24.7. The predicted molar refractivity (Wildman–Crippen MR) is 165 cm³/mol. The van der Waals surface area contributed by atoms with Gasteiger partial charge in [0.25, 0.3) is 16.0 Å². The fraction of sp³-hybridized carbons (Fsp3) is 0.200. The van der Waals surface area contributed by atoms with E-state index in [1.165, 1.54) is 13.2 Å². The molecule has 0 saturated carbocycles. The van der Waals surface area contributed by atoms with Crippen molar-refractivity contribution in [2.45, 2.75) is 4.90 Å². The standard InChI is InChI=1S/C11H16N2O4S.C8H9NO2.C6H10N4O3S/c12-10-3-1-2-9(8-10)11(15)13-4-6-18(16,17)7-5-14;1-11-8(10)6-4-2-3-5-7(6)9;7-2-1-3(14(11,12)13)5(9)6(10)4(2)8/h1-3,8,14H,4-7,12H2,(H,13,15);2-5H,9H2,1H3;1H,7-10H2,(H,11,12,13). The molecule has 1 amide bonds. The molecule has 0 spiro atoms. The molecule has 16 nitrogen and oxygen atoms in total. The molecule has 0 unspecified atom stereocenters. The lowest BCUT2D eigenvalue weighted by Crippen LogP contribution is -2.30. The monoisotopic (exact) mass is 641 g/mol. The number of aliphatic hydroxyl groups excluding tert-OH is 1. The third-order valence-corrected chi connectivity index (χ3v) is 7.86. The molecule has 0 atom stereocenters. The summed E-state index contributed by atoms with van der Waals surface area (Å²) in [7, 11) is -6.41. The Balaban J connectivity index is 0.000000332. The van der Waals surface area contributed by atoms with E-state index in [2.05, 4.69) is 10.1 Å². The van der Waals surface area contributed by atoms with E-state index in [9.17, 15) is 26.4 Å². The van der Waals surface area contributed by atoms with Crippen LogP contribution in [0.5, 0.6) is 0 Å². The number of methoxy groups -OCH3 is 1. The number of carbonyl (C=O) groups excluding carboxylic acids is 2. The Hall–Kier alpha value is -4.78. The molecule has 3 aromatic carbocycles. The molecule has 0 heterocycles. The van der Waals surface area contributed by atoms with Crippen LogP contribution in [0, 0.1) is 0 Å². The van der Waals surface area contributed by atoms with Crippen molar-refractivity contribution in [1.29, 1.82) is 0 Å². The van der Waals surface area contributed by atoms with Crippen LogP contribution in [0.25, 0.3) is 0 Å². The van der Waals surface area contributed by atoms with Gasteiger partial charge in [0, 0.05) is 23.5 Å². The molecule has 0 fully saturated rings. The molecule has 0 radical (unpaired) electrons. The van der Waals surface area contributed by atoms with Crippen LogP contribution in [0.2, 0.25) is 0 Å². The minimum absolute atomic E-state index is 0.00472. The lowest BCUT2D eigenvalue weighted by atomic mass is 10.2. The number of rotatable bonds is 8. The van der Waals surface area contributed by atoms with Crippen molar-refractivity contribution in [3.63, 3.8) is 0 Å². The van der Waals surface area contributed by atoms with Gasteiger partial charge in [0.15, 0.2) is 9.84 Å². The molecule has 15 N–H and O–H groups in total. The van der Waals surface area contributed by atoms with Gasteiger partial charge in [-0.1, -0.05) is 18.2 Å². The molecule has 0 bridgehead atoms. The van der Waals surface area contributed by atoms with Gasteiger partial charge in [-0.15, -0.1) is 0 Å². The fourth-order valence-corrected chi connectivity index (χ4v) is 4.64. The van der Waals surface area contributed by atoms with Crippen LogP contribution in [0.4, 0.5) is 34.1 Å². The second kappa shape index (κ2) is 16.0. The molecule has 0 aliphatic carbocycles. The lowest BCUT2D eigenvalue weighted by molar-refractivity contribution is 0.0601. The third-order valence-electron chi connectivity index (χ3n) is 5.34. The van der Waals surface area contributed by atoms with Crippen molar-refractivity contribution >= 4 is 66.0 Å². The number of hydrogen-bond acceptors (Lipinski definition) is 14. The Morgan fingerprint density at radius 1 is 0.814 bits per heavy atom. The van der Waals surface area contributed by atoms with E-state index in [-0.39, 0.29) is 46.7 Å². The highest BCUT2D eigenvalue weighted by Gasteiger charge is 2.19. The van der Waals surface area contributed by atoms with E-state index in [1.54, 1.807) is 42.5 Å². The minimum Gasteiger partial charge on any atom is -0.465 e. The molecule has 0 saturated heterocycles. The lowest BCUT2D eigenvalue weighted by Gasteiger charge is -2.10. The first kappa shape index (κ1) is 36.2. The van der Waals surface area contributed by atoms with Gasteiger partial charge in [0.05, 0.1) is 53.5 Å². The normalized spacial score (nSPS) is 10.8. The molecule has 0 aliphatic heterocycles. The average Bonchev–Trinajstić information content (AvgIpc) is 2.93. The SMILES string of the molecule is COC(=O)c1ccccc1N.Nc1cc(S(=O)(=O)O)c(N)c(N)c1N.Nc1cccc(C(=O)NCCS(=O)(=O)CCO)c1. The van der Waals surface area contributed by atoms with Crippen molar-refractivity contribution < 1.29 is 40.8 Å². The number of para-hydroxylation sites is 1. The van der Waals surface area contributed by atoms with Gasteiger partial charge in [-0.2, -0.15) is 8.42 Å². The van der Waals surface area contributed by atoms with E-state index in [4.69, 9.17) is 44.1 Å². The summed E-state index contributed by atoms with van der Waals surface area (Å²) < 4.78 is 57.4. The third kappa shape index (κ3) is 11.6. The average molecular weight is 642 g/mol. The highest BCUT2D eigenvalue weighted by atomic mass is 32.2. The number of nitrogens with two attached hydrogens (primary N) is 6. The Bertz CT molecular complexity index is 1650. The maximum absolute atomic E-state index is 11.6. The summed E-state index contributed by atoms with van der Waals surface area (Å²) in [5, 5.41) is 11.0. The maximum Gasteiger partial charge on any atom is 0.339 e. The van der Waals surface area contributed by atoms with Crippen LogP contribution in [0.15, 0.2) is 59.5 Å². The highest BCUT2D eigenvalue weighted by Crippen LogP contribution is 2.34. The van der Waals surface area contributed by atoms with Crippen LogP contribution in [-0.2, 0) is 24.7 Å². The summed E-state index contributed by atoms with van der Waals surface area (Å²) in [5.74, 6) is -1.26. The van der Waals surface area contributed by atoms with E-state index in [0.29, 0.717) is 22.5 Å². The molecular weight excluding hydrogens is 606 g/mol. The van der Waals surface area contributed by atoms with Gasteiger partial charge in [-0.05, 0) is 36.4 Å². The van der Waals surface area contributed by atoms with Gasteiger partial charge < -0.3 is 49.6 Å². The van der Waals surface area contributed by atoms with E-state index >= 15 is 0 Å². The van der Waals surface area contributed by atoms with Crippen LogP contribution in [0.1, 0.15) is 20.7 Å². The summed E-state index contributed by atoms with van der Waals surface area (Å²) in [4.78, 5) is 22.0. The number of ether oxygens (including phenoxy) is 1. The van der Waals surface area contributed by atoms with E-state index < -0.39 is 37.4 Å². The number of anilines is 6. The van der Waals surface area contributed by atoms with Crippen molar-refractivity contribution in [2.24, 2.45) is 0 Å². The summed E-state index contributed by atoms with van der Waals surface area (Å²) in [6, 6.07) is 14.1. The fourth-order valence-electron chi connectivity index (χ4n) is 3.08. The second-order valence-corrected chi connectivity index (χ2v) is 12.2. The number of nitrogens with one attached hydrogen (secondary N) is 1. The number of sulfone groups is 1. The minimum atomic E-state index is -4.44. The van der Waals surface area contributed by atoms with Crippen LogP contribution in [-0.4, -0.2) is 70.1 Å². The smallest absolute Gasteiger partial charge is 0.339 e. The summed E-state index contributed by atoms with van der Waals surface area (Å²) in [6.45, 7) is -0.401. The quantitative estimate of drug-likeness (QED) is 0.0867. The number of aliphatic hydroxyl groups is 1. The second-order valence-electron chi connectivity index (χ2n) is 8.52. The van der Waals surface area contributed by atoms with E-state index in [0.717, 1.165) is 6.07 Å². The zero-order chi connectivity index (χ0) is 33.0. The Morgan fingerprint density at radius 2 is 1.44 bits per heavy atom. The molecule has 3 rings (SSSR count). The number of esters is 1. The van der Waals surface area contributed by atoms with Crippen molar-refractivity contribution in [2.75, 3.05) is 66.2 Å². The molecule has 0 aliphatic rings. The number of carbonyl (C=O) groups is 2. The summed E-state index contributed by atoms with van der Waals surface area (Å²) >= 11 is 0. The largest absolute Gasteiger partial charge is 0.465 e. The first-order valence-corrected chi connectivity index (χ1v) is 15.3. The molecule has 3 aromatic rings. The highest BCUT2D eigenvalue weighted by molar-refractivity contribution is 7.91. The Kier molecular flexibility index (Phi) is 13.5. The molecular formula is C25H35N7O9S2. The van der Waals surface area contributed by atoms with Crippen LogP contribution >= 0.6 is 0 Å². The number of nitrogen functional groups attached to an aromatic ring is 6. The first-order valence-electron chi connectivity index (χ1n) is 12.0. The number of amides is 1. The summed E-state index contributed by atoms with van der Waals surface area (Å²) in [5.41, 5.74) is 33.7. The van der Waals surface area contributed by atoms with Gasteiger partial charge in [-0.25, -0.2) is 13.2 Å². The maximum atomic E-state index is 11.6. The topological polar surface area (TPSA) is 320 Å². The molecule has 236 valence electrons. The predicted octanol–water partition coefficient (Wildman–Crippen LogP) is -0.277. The van der Waals surface area contributed by atoms with Gasteiger partial charge in [-0.3, -0.25) is 9.35 Å². The number of benzene rings is 3.